The first-order valence-corrected chi connectivity index (χ1v) is 6.83. The van der Waals surface area contributed by atoms with E-state index in [2.05, 4.69) is 23.3 Å². The van der Waals surface area contributed by atoms with E-state index >= 15 is 0 Å². The third kappa shape index (κ3) is 2.23. The first kappa shape index (κ1) is 10.7. The van der Waals surface area contributed by atoms with Gasteiger partial charge in [-0.15, -0.1) is 0 Å². The molecule has 0 bridgehead atoms. The summed E-state index contributed by atoms with van der Waals surface area (Å²) in [7, 11) is 0. The third-order valence-electron chi connectivity index (χ3n) is 2.95. The van der Waals surface area contributed by atoms with Crippen LogP contribution in [0.25, 0.3) is 0 Å². The van der Waals surface area contributed by atoms with Crippen LogP contribution >= 0.6 is 11.8 Å². The van der Waals surface area contributed by atoms with Gasteiger partial charge in [-0.1, -0.05) is 6.07 Å². The van der Waals surface area contributed by atoms with Gasteiger partial charge in [0.15, 0.2) is 0 Å². The summed E-state index contributed by atoms with van der Waals surface area (Å²) in [4.78, 5) is 2.46. The third-order valence-corrected chi connectivity index (χ3v) is 3.54. The molecule has 1 heterocycles. The maximum Gasteiger partial charge on any atom is 0.0419 e. The molecule has 0 aliphatic carbocycles. The van der Waals surface area contributed by atoms with Gasteiger partial charge in [-0.2, -0.15) is 11.8 Å². The predicted octanol–water partition coefficient (Wildman–Crippen LogP) is 2.38. The monoisotopic (exact) mass is 222 g/mol. The Morgan fingerprint density at radius 2 is 2.33 bits per heavy atom. The fourth-order valence-corrected chi connectivity index (χ4v) is 2.56. The summed E-state index contributed by atoms with van der Waals surface area (Å²) in [6, 6.07) is 6.27. The largest absolute Gasteiger partial charge is 0.398 e. The van der Waals surface area contributed by atoms with E-state index in [1.165, 1.54) is 30.0 Å². The number of anilines is 2. The SMILES string of the molecule is CSCCN1CCCc2c(N)cccc21. The molecule has 1 aliphatic heterocycles. The van der Waals surface area contributed by atoms with Crippen molar-refractivity contribution in [3.63, 3.8) is 0 Å². The molecule has 82 valence electrons. The molecule has 0 saturated carbocycles. The maximum atomic E-state index is 6.00. The Morgan fingerprint density at radius 3 is 3.13 bits per heavy atom. The van der Waals surface area contributed by atoms with Crippen molar-refractivity contribution in [2.75, 3.05) is 35.7 Å². The van der Waals surface area contributed by atoms with E-state index in [1.54, 1.807) is 0 Å². The molecule has 2 rings (SSSR count). The van der Waals surface area contributed by atoms with E-state index in [4.69, 9.17) is 5.73 Å². The van der Waals surface area contributed by atoms with E-state index in [0.717, 1.165) is 18.7 Å². The van der Waals surface area contributed by atoms with Crippen LogP contribution < -0.4 is 10.6 Å². The standard InChI is InChI=1S/C12H18N2S/c1-15-9-8-14-7-3-4-10-11(13)5-2-6-12(10)14/h2,5-6H,3-4,7-9,13H2,1H3. The Labute approximate surface area is 95.8 Å². The Balaban J connectivity index is 2.22. The van der Waals surface area contributed by atoms with Crippen LogP contribution in [0.3, 0.4) is 0 Å². The molecule has 0 aromatic heterocycles. The first-order valence-electron chi connectivity index (χ1n) is 5.44. The lowest BCUT2D eigenvalue weighted by molar-refractivity contribution is 0.712. The van der Waals surface area contributed by atoms with Gasteiger partial charge in [0.2, 0.25) is 0 Å². The highest BCUT2D eigenvalue weighted by Crippen LogP contribution is 2.30. The molecule has 2 nitrogen and oxygen atoms in total. The van der Waals surface area contributed by atoms with Crippen LogP contribution in [-0.2, 0) is 6.42 Å². The predicted molar refractivity (Wildman–Crippen MR) is 69.8 cm³/mol. The van der Waals surface area contributed by atoms with Gasteiger partial charge < -0.3 is 10.6 Å². The van der Waals surface area contributed by atoms with E-state index in [-0.39, 0.29) is 0 Å². The Bertz CT molecular complexity index is 338. The molecule has 0 atom stereocenters. The zero-order valence-corrected chi connectivity index (χ0v) is 10.0. The van der Waals surface area contributed by atoms with Crippen LogP contribution in [0.4, 0.5) is 11.4 Å². The molecule has 1 aliphatic rings. The van der Waals surface area contributed by atoms with Crippen molar-refractivity contribution in [1.29, 1.82) is 0 Å². The first-order chi connectivity index (χ1) is 7.33. The summed E-state index contributed by atoms with van der Waals surface area (Å²) in [5.74, 6) is 1.19. The second-order valence-corrected chi connectivity index (χ2v) is 4.91. The van der Waals surface area contributed by atoms with Gasteiger partial charge in [0.1, 0.15) is 0 Å². The van der Waals surface area contributed by atoms with E-state index in [0.29, 0.717) is 0 Å². The molecular weight excluding hydrogens is 204 g/mol. The number of nitrogens with zero attached hydrogens (tertiary/aromatic N) is 1. The lowest BCUT2D eigenvalue weighted by Gasteiger charge is -2.31. The number of hydrogen-bond acceptors (Lipinski definition) is 3. The molecule has 1 aromatic rings. The zero-order valence-electron chi connectivity index (χ0n) is 9.20. The molecule has 0 fully saturated rings. The van der Waals surface area contributed by atoms with E-state index in [1.807, 2.05) is 17.8 Å². The highest BCUT2D eigenvalue weighted by Gasteiger charge is 2.17. The summed E-state index contributed by atoms with van der Waals surface area (Å²) in [6.45, 7) is 2.31. The van der Waals surface area contributed by atoms with Gasteiger partial charge in [0.25, 0.3) is 0 Å². The highest BCUT2D eigenvalue weighted by molar-refractivity contribution is 7.98. The average molecular weight is 222 g/mol. The van der Waals surface area contributed by atoms with Crippen LogP contribution in [0.1, 0.15) is 12.0 Å². The molecule has 0 radical (unpaired) electrons. The number of nitrogen functional groups attached to an aromatic ring is 1. The number of nitrogens with two attached hydrogens (primary N) is 1. The number of hydrogen-bond donors (Lipinski definition) is 1. The molecule has 0 unspecified atom stereocenters. The van der Waals surface area contributed by atoms with Crippen LogP contribution in [0, 0.1) is 0 Å². The van der Waals surface area contributed by atoms with Gasteiger partial charge >= 0.3 is 0 Å². The van der Waals surface area contributed by atoms with Crippen LogP contribution in [-0.4, -0.2) is 25.1 Å². The van der Waals surface area contributed by atoms with Crippen LogP contribution in [0.15, 0.2) is 18.2 Å². The second-order valence-electron chi connectivity index (χ2n) is 3.93. The van der Waals surface area contributed by atoms with Gasteiger partial charge in [0.05, 0.1) is 0 Å². The fraction of sp³-hybridized carbons (Fsp3) is 0.500. The van der Waals surface area contributed by atoms with E-state index < -0.39 is 0 Å². The number of benzene rings is 1. The number of fused-ring (bicyclic) bond motifs is 1. The average Bonchev–Trinajstić information content (AvgIpc) is 2.27. The Morgan fingerprint density at radius 1 is 1.47 bits per heavy atom. The van der Waals surface area contributed by atoms with Gasteiger partial charge in [-0.05, 0) is 36.8 Å². The molecule has 3 heteroatoms. The summed E-state index contributed by atoms with van der Waals surface area (Å²) in [5, 5.41) is 0. The molecular formula is C12H18N2S. The maximum absolute atomic E-state index is 6.00. The molecule has 2 N–H and O–H groups in total. The smallest absolute Gasteiger partial charge is 0.0419 e. The summed E-state index contributed by atoms with van der Waals surface area (Å²) >= 11 is 1.90. The zero-order chi connectivity index (χ0) is 10.7. The highest BCUT2D eigenvalue weighted by atomic mass is 32.2. The summed E-state index contributed by atoms with van der Waals surface area (Å²) in [5.41, 5.74) is 9.67. The lowest BCUT2D eigenvalue weighted by atomic mass is 10.00. The Kier molecular flexibility index (Phi) is 3.41. The van der Waals surface area contributed by atoms with Crippen LogP contribution in [0.5, 0.6) is 0 Å². The molecule has 0 saturated heterocycles. The van der Waals surface area contributed by atoms with Crippen molar-refractivity contribution in [2.45, 2.75) is 12.8 Å². The lowest BCUT2D eigenvalue weighted by Crippen LogP contribution is -2.31. The number of rotatable bonds is 3. The normalized spacial score (nSPS) is 15.1. The molecule has 1 aromatic carbocycles. The Hall–Kier alpha value is -0.830. The topological polar surface area (TPSA) is 29.3 Å². The summed E-state index contributed by atoms with van der Waals surface area (Å²) in [6.07, 6.45) is 4.53. The van der Waals surface area contributed by atoms with Crippen molar-refractivity contribution in [3.05, 3.63) is 23.8 Å². The molecule has 0 spiro atoms. The van der Waals surface area contributed by atoms with Crippen molar-refractivity contribution in [1.82, 2.24) is 0 Å². The second kappa shape index (κ2) is 4.79. The van der Waals surface area contributed by atoms with E-state index in [9.17, 15) is 0 Å². The molecule has 0 amide bonds. The van der Waals surface area contributed by atoms with Gasteiger partial charge in [0, 0.05) is 30.2 Å². The van der Waals surface area contributed by atoms with Crippen molar-refractivity contribution >= 4 is 23.1 Å². The van der Waals surface area contributed by atoms with Crippen molar-refractivity contribution in [2.24, 2.45) is 0 Å². The molecule has 15 heavy (non-hydrogen) atoms. The fourth-order valence-electron chi connectivity index (χ4n) is 2.16. The van der Waals surface area contributed by atoms with Crippen molar-refractivity contribution < 1.29 is 0 Å². The minimum atomic E-state index is 0.960. The minimum absolute atomic E-state index is 0.960. The minimum Gasteiger partial charge on any atom is -0.398 e. The van der Waals surface area contributed by atoms with Crippen LogP contribution in [0.2, 0.25) is 0 Å². The van der Waals surface area contributed by atoms with Gasteiger partial charge in [-0.3, -0.25) is 0 Å². The van der Waals surface area contributed by atoms with Crippen molar-refractivity contribution in [3.8, 4) is 0 Å². The van der Waals surface area contributed by atoms with Gasteiger partial charge in [-0.25, -0.2) is 0 Å². The summed E-state index contributed by atoms with van der Waals surface area (Å²) < 4.78 is 0. The quantitative estimate of drug-likeness (QED) is 0.796. The number of thioether (sulfide) groups is 1.